The molecule has 2 aromatic rings. The van der Waals surface area contributed by atoms with E-state index in [0.29, 0.717) is 17.2 Å². The largest absolute Gasteiger partial charge is 0.465 e. The lowest BCUT2D eigenvalue weighted by atomic mass is 9.82. The number of piperidine rings is 3. The third-order valence-corrected chi connectivity index (χ3v) is 5.37. The number of nitrogens with zero attached hydrogens (tertiary/aromatic N) is 3. The summed E-state index contributed by atoms with van der Waals surface area (Å²) in [5.74, 6) is -0.0220. The van der Waals surface area contributed by atoms with Crippen molar-refractivity contribution >= 4 is 11.8 Å². The van der Waals surface area contributed by atoms with Crippen LogP contribution in [-0.4, -0.2) is 46.8 Å². The van der Waals surface area contributed by atoms with E-state index in [9.17, 15) is 14.3 Å². The molecule has 6 heteroatoms. The number of aromatic nitrogens is 1. The standard InChI is InChI=1S/C19H20FN3O2/c20-15-1-2-17(16(11-15)13-3-7-21-8-4-13)23(19(24)25)18-12-22-9-5-14(18)6-10-22/h1-4,7-8,11,14,18H,5-6,9-10,12H2,(H,24,25). The Morgan fingerprint density at radius 3 is 2.52 bits per heavy atom. The Hall–Kier alpha value is -2.47. The van der Waals surface area contributed by atoms with Gasteiger partial charge in [0.2, 0.25) is 0 Å². The van der Waals surface area contributed by atoms with E-state index in [4.69, 9.17) is 0 Å². The number of benzene rings is 1. The third-order valence-electron chi connectivity index (χ3n) is 5.37. The molecule has 1 unspecified atom stereocenters. The van der Waals surface area contributed by atoms with Crippen molar-refractivity contribution in [3.63, 3.8) is 0 Å². The summed E-state index contributed by atoms with van der Waals surface area (Å²) in [6.07, 6.45) is 4.30. The number of hydrogen-bond donors (Lipinski definition) is 1. The van der Waals surface area contributed by atoms with Gasteiger partial charge in [0.1, 0.15) is 5.82 Å². The number of amides is 1. The van der Waals surface area contributed by atoms with Gasteiger partial charge in [-0.25, -0.2) is 9.18 Å². The van der Waals surface area contributed by atoms with Crippen LogP contribution in [0.25, 0.3) is 11.1 Å². The zero-order valence-corrected chi connectivity index (χ0v) is 13.8. The Balaban J connectivity index is 1.79. The zero-order valence-electron chi connectivity index (χ0n) is 13.8. The van der Waals surface area contributed by atoms with Crippen LogP contribution < -0.4 is 4.90 Å². The fraction of sp³-hybridized carbons (Fsp3) is 0.368. The molecule has 1 N–H and O–H groups in total. The highest BCUT2D eigenvalue weighted by atomic mass is 19.1. The van der Waals surface area contributed by atoms with Crippen LogP contribution in [-0.2, 0) is 0 Å². The summed E-state index contributed by atoms with van der Waals surface area (Å²) in [7, 11) is 0. The smallest absolute Gasteiger partial charge is 0.412 e. The molecule has 0 saturated carbocycles. The lowest BCUT2D eigenvalue weighted by molar-refractivity contribution is 0.0837. The van der Waals surface area contributed by atoms with Gasteiger partial charge in [0, 0.05) is 24.5 Å². The van der Waals surface area contributed by atoms with Gasteiger partial charge in [-0.1, -0.05) is 0 Å². The van der Waals surface area contributed by atoms with Crippen LogP contribution in [0.5, 0.6) is 0 Å². The minimum absolute atomic E-state index is 0.0916. The van der Waals surface area contributed by atoms with E-state index in [1.54, 1.807) is 30.6 Å². The molecule has 1 aromatic heterocycles. The van der Waals surface area contributed by atoms with Crippen LogP contribution in [0.1, 0.15) is 12.8 Å². The number of halogens is 1. The lowest BCUT2D eigenvalue weighted by Gasteiger charge is -2.48. The number of rotatable bonds is 3. The summed E-state index contributed by atoms with van der Waals surface area (Å²) in [5.41, 5.74) is 1.89. The third kappa shape index (κ3) is 2.98. The van der Waals surface area contributed by atoms with Crippen molar-refractivity contribution in [2.24, 2.45) is 5.92 Å². The molecule has 130 valence electrons. The number of fused-ring (bicyclic) bond motifs is 3. The molecule has 2 bridgehead atoms. The van der Waals surface area contributed by atoms with Gasteiger partial charge in [-0.15, -0.1) is 0 Å². The fourth-order valence-corrected chi connectivity index (χ4v) is 4.13. The minimum atomic E-state index is -0.985. The number of carbonyl (C=O) groups is 1. The maximum absolute atomic E-state index is 13.9. The molecule has 5 rings (SSSR count). The van der Waals surface area contributed by atoms with E-state index in [2.05, 4.69) is 9.88 Å². The second-order valence-corrected chi connectivity index (χ2v) is 6.76. The SMILES string of the molecule is O=C(O)N(c1ccc(F)cc1-c1ccncc1)C1CN2CCC1CC2. The van der Waals surface area contributed by atoms with Gasteiger partial charge in [0.15, 0.2) is 0 Å². The van der Waals surface area contributed by atoms with Gasteiger partial charge in [-0.3, -0.25) is 9.88 Å². The van der Waals surface area contributed by atoms with Crippen LogP contribution in [0.4, 0.5) is 14.9 Å². The van der Waals surface area contributed by atoms with Crippen LogP contribution in [0.15, 0.2) is 42.7 Å². The Bertz CT molecular complexity index is 775. The van der Waals surface area contributed by atoms with Gasteiger partial charge < -0.3 is 10.0 Å². The van der Waals surface area contributed by atoms with Crippen molar-refractivity contribution < 1.29 is 14.3 Å². The van der Waals surface area contributed by atoms with E-state index in [0.717, 1.165) is 38.0 Å². The van der Waals surface area contributed by atoms with Crippen LogP contribution in [0.3, 0.4) is 0 Å². The first kappa shape index (κ1) is 16.0. The first-order chi connectivity index (χ1) is 12.1. The predicted molar refractivity (Wildman–Crippen MR) is 93.1 cm³/mol. The van der Waals surface area contributed by atoms with Crippen LogP contribution >= 0.6 is 0 Å². The highest BCUT2D eigenvalue weighted by Crippen LogP contribution is 2.38. The molecule has 1 amide bonds. The summed E-state index contributed by atoms with van der Waals surface area (Å²) in [6, 6.07) is 7.77. The zero-order chi connectivity index (χ0) is 17.4. The van der Waals surface area contributed by atoms with Crippen molar-refractivity contribution in [2.75, 3.05) is 24.5 Å². The molecule has 3 fully saturated rings. The lowest BCUT2D eigenvalue weighted by Crippen LogP contribution is -2.58. The summed E-state index contributed by atoms with van der Waals surface area (Å²) in [4.78, 5) is 19.9. The van der Waals surface area contributed by atoms with Gasteiger partial charge in [-0.2, -0.15) is 0 Å². The quantitative estimate of drug-likeness (QED) is 0.929. The van der Waals surface area contributed by atoms with E-state index >= 15 is 0 Å². The van der Waals surface area contributed by atoms with Crippen molar-refractivity contribution in [2.45, 2.75) is 18.9 Å². The minimum Gasteiger partial charge on any atom is -0.465 e. The Morgan fingerprint density at radius 1 is 1.20 bits per heavy atom. The number of pyridine rings is 1. The van der Waals surface area contributed by atoms with Crippen molar-refractivity contribution in [3.8, 4) is 11.1 Å². The summed E-state index contributed by atoms with van der Waals surface area (Å²) >= 11 is 0. The molecule has 1 atom stereocenters. The molecule has 0 aliphatic carbocycles. The Labute approximate surface area is 145 Å². The molecule has 25 heavy (non-hydrogen) atoms. The Morgan fingerprint density at radius 2 is 1.92 bits per heavy atom. The molecule has 0 spiro atoms. The van der Waals surface area contributed by atoms with E-state index in [-0.39, 0.29) is 11.9 Å². The van der Waals surface area contributed by atoms with Gasteiger partial charge in [-0.05, 0) is 67.7 Å². The van der Waals surface area contributed by atoms with E-state index < -0.39 is 6.09 Å². The monoisotopic (exact) mass is 341 g/mol. The van der Waals surface area contributed by atoms with Gasteiger partial charge in [0.05, 0.1) is 11.7 Å². The normalized spacial score (nSPS) is 24.9. The number of carboxylic acid groups (broad SMARTS) is 1. The molecule has 5 nitrogen and oxygen atoms in total. The first-order valence-electron chi connectivity index (χ1n) is 8.58. The summed E-state index contributed by atoms with van der Waals surface area (Å²) in [5, 5.41) is 9.95. The fourth-order valence-electron chi connectivity index (χ4n) is 4.13. The first-order valence-corrected chi connectivity index (χ1v) is 8.58. The van der Waals surface area contributed by atoms with Crippen LogP contribution in [0.2, 0.25) is 0 Å². The highest BCUT2D eigenvalue weighted by Gasteiger charge is 2.40. The average molecular weight is 341 g/mol. The van der Waals surface area contributed by atoms with E-state index in [1.165, 1.54) is 17.0 Å². The number of hydrogen-bond acceptors (Lipinski definition) is 3. The topological polar surface area (TPSA) is 56.7 Å². The molecular formula is C19H20FN3O2. The van der Waals surface area contributed by atoms with Crippen molar-refractivity contribution in [1.29, 1.82) is 0 Å². The highest BCUT2D eigenvalue weighted by molar-refractivity contribution is 5.93. The van der Waals surface area contributed by atoms with Gasteiger partial charge >= 0.3 is 6.09 Å². The van der Waals surface area contributed by atoms with Crippen molar-refractivity contribution in [1.82, 2.24) is 9.88 Å². The molecule has 3 aliphatic rings. The van der Waals surface area contributed by atoms with E-state index in [1.807, 2.05) is 0 Å². The second kappa shape index (κ2) is 6.44. The number of anilines is 1. The summed E-state index contributed by atoms with van der Waals surface area (Å²) < 4.78 is 13.9. The molecular weight excluding hydrogens is 321 g/mol. The average Bonchev–Trinajstić information content (AvgIpc) is 2.64. The molecule has 1 aromatic carbocycles. The summed E-state index contributed by atoms with van der Waals surface area (Å²) in [6.45, 7) is 2.81. The maximum atomic E-state index is 13.9. The second-order valence-electron chi connectivity index (χ2n) is 6.76. The molecule has 3 saturated heterocycles. The molecule has 4 heterocycles. The predicted octanol–water partition coefficient (Wildman–Crippen LogP) is 3.47. The van der Waals surface area contributed by atoms with Gasteiger partial charge in [0.25, 0.3) is 0 Å². The van der Waals surface area contributed by atoms with Crippen LogP contribution in [0, 0.1) is 11.7 Å². The van der Waals surface area contributed by atoms with Crippen molar-refractivity contribution in [3.05, 3.63) is 48.5 Å². The molecule has 0 radical (unpaired) electrons. The molecule has 3 aliphatic heterocycles. The maximum Gasteiger partial charge on any atom is 0.412 e. The Kier molecular flexibility index (Phi) is 4.13.